The highest BCUT2D eigenvalue weighted by Gasteiger charge is 2.13. The highest BCUT2D eigenvalue weighted by Crippen LogP contribution is 2.23. The third-order valence-corrected chi connectivity index (χ3v) is 3.29. The molecule has 2 amide bonds. The third-order valence-electron chi connectivity index (χ3n) is 2.98. The predicted octanol–water partition coefficient (Wildman–Crippen LogP) is 3.11. The molecular formula is C17H17ClN2O3. The average Bonchev–Trinajstić information content (AvgIpc) is 2.55. The molecule has 2 aromatic rings. The lowest BCUT2D eigenvalue weighted by molar-refractivity contribution is -0.118. The van der Waals surface area contributed by atoms with Crippen LogP contribution >= 0.6 is 11.6 Å². The van der Waals surface area contributed by atoms with Crippen molar-refractivity contribution in [3.8, 4) is 5.75 Å². The summed E-state index contributed by atoms with van der Waals surface area (Å²) in [5, 5.41) is 5.81. The van der Waals surface area contributed by atoms with Crippen molar-refractivity contribution >= 4 is 29.1 Å². The summed E-state index contributed by atoms with van der Waals surface area (Å²) in [5.74, 6) is -0.182. The number of carbonyl (C=O) groups is 2. The average molecular weight is 333 g/mol. The lowest BCUT2D eigenvalue weighted by Gasteiger charge is -2.11. The Morgan fingerprint density at radius 3 is 2.52 bits per heavy atom. The molecule has 2 aromatic carbocycles. The van der Waals surface area contributed by atoms with Crippen LogP contribution < -0.4 is 15.4 Å². The van der Waals surface area contributed by atoms with Crippen LogP contribution in [0.25, 0.3) is 0 Å². The zero-order chi connectivity index (χ0) is 16.7. The molecule has 0 radical (unpaired) electrons. The van der Waals surface area contributed by atoms with Crippen molar-refractivity contribution in [1.82, 2.24) is 5.32 Å². The van der Waals surface area contributed by atoms with Crippen molar-refractivity contribution in [3.05, 3.63) is 59.1 Å². The number of benzene rings is 2. The summed E-state index contributed by atoms with van der Waals surface area (Å²) in [4.78, 5) is 24.0. The number of nitrogens with one attached hydrogen (secondary N) is 2. The molecule has 0 bridgehead atoms. The van der Waals surface area contributed by atoms with Crippen LogP contribution in [0.5, 0.6) is 5.75 Å². The maximum absolute atomic E-state index is 12.0. The van der Waals surface area contributed by atoms with E-state index in [1.54, 1.807) is 48.5 Å². The molecule has 0 atom stereocenters. The first-order chi connectivity index (χ1) is 11.1. The van der Waals surface area contributed by atoms with Crippen LogP contribution in [0.1, 0.15) is 17.3 Å². The highest BCUT2D eigenvalue weighted by molar-refractivity contribution is 6.32. The number of carbonyl (C=O) groups excluding carboxylic acids is 2. The largest absolute Gasteiger partial charge is 0.482 e. The Balaban J connectivity index is 2.01. The van der Waals surface area contributed by atoms with Gasteiger partial charge in [-0.25, -0.2) is 0 Å². The smallest absolute Gasteiger partial charge is 0.262 e. The van der Waals surface area contributed by atoms with E-state index in [0.717, 1.165) is 0 Å². The van der Waals surface area contributed by atoms with E-state index in [9.17, 15) is 9.59 Å². The first-order valence-corrected chi connectivity index (χ1v) is 7.54. The zero-order valence-electron chi connectivity index (χ0n) is 12.6. The number of halogens is 1. The van der Waals surface area contributed by atoms with E-state index >= 15 is 0 Å². The summed E-state index contributed by atoms with van der Waals surface area (Å²) in [6.07, 6.45) is 0. The molecule has 0 aliphatic rings. The monoisotopic (exact) mass is 332 g/mol. The SMILES string of the molecule is CCNC(=O)c1ccccc1NC(=O)COc1ccccc1Cl. The van der Waals surface area contributed by atoms with Crippen molar-refractivity contribution in [3.63, 3.8) is 0 Å². The van der Waals surface area contributed by atoms with Crippen LogP contribution in [0.2, 0.25) is 5.02 Å². The Hall–Kier alpha value is -2.53. The van der Waals surface area contributed by atoms with Crippen molar-refractivity contribution in [2.45, 2.75) is 6.92 Å². The van der Waals surface area contributed by atoms with Crippen LogP contribution in [0.15, 0.2) is 48.5 Å². The van der Waals surface area contributed by atoms with Gasteiger partial charge in [-0.15, -0.1) is 0 Å². The van der Waals surface area contributed by atoms with Gasteiger partial charge in [-0.1, -0.05) is 35.9 Å². The summed E-state index contributed by atoms with van der Waals surface area (Å²) in [7, 11) is 0. The van der Waals surface area contributed by atoms with Gasteiger partial charge in [-0.3, -0.25) is 9.59 Å². The molecule has 0 spiro atoms. The van der Waals surface area contributed by atoms with E-state index in [4.69, 9.17) is 16.3 Å². The van der Waals surface area contributed by atoms with E-state index in [1.807, 2.05) is 6.92 Å². The molecule has 0 aliphatic carbocycles. The number of anilines is 1. The Kier molecular flexibility index (Phi) is 6.00. The molecule has 0 fully saturated rings. The summed E-state index contributed by atoms with van der Waals surface area (Å²) in [6, 6.07) is 13.7. The van der Waals surface area contributed by atoms with E-state index in [0.29, 0.717) is 28.6 Å². The Labute approximate surface area is 139 Å². The maximum Gasteiger partial charge on any atom is 0.262 e. The molecule has 2 N–H and O–H groups in total. The van der Waals surface area contributed by atoms with Gasteiger partial charge in [0.25, 0.3) is 11.8 Å². The molecule has 6 heteroatoms. The van der Waals surface area contributed by atoms with Gasteiger partial charge in [-0.05, 0) is 31.2 Å². The minimum absolute atomic E-state index is 0.201. The second-order valence-electron chi connectivity index (χ2n) is 4.67. The van der Waals surface area contributed by atoms with Gasteiger partial charge in [-0.2, -0.15) is 0 Å². The Morgan fingerprint density at radius 2 is 1.78 bits per heavy atom. The van der Waals surface area contributed by atoms with Crippen LogP contribution in [-0.2, 0) is 4.79 Å². The second-order valence-corrected chi connectivity index (χ2v) is 5.08. The van der Waals surface area contributed by atoms with Crippen LogP contribution in [0, 0.1) is 0 Å². The van der Waals surface area contributed by atoms with Crippen LogP contribution in [-0.4, -0.2) is 25.0 Å². The van der Waals surface area contributed by atoms with Crippen molar-refractivity contribution in [1.29, 1.82) is 0 Å². The maximum atomic E-state index is 12.0. The predicted molar refractivity (Wildman–Crippen MR) is 90.0 cm³/mol. The minimum atomic E-state index is -0.373. The quantitative estimate of drug-likeness (QED) is 0.854. The normalized spacial score (nSPS) is 10.0. The molecule has 120 valence electrons. The lowest BCUT2D eigenvalue weighted by atomic mass is 10.1. The molecule has 0 unspecified atom stereocenters. The van der Waals surface area contributed by atoms with Crippen LogP contribution in [0.3, 0.4) is 0 Å². The second kappa shape index (κ2) is 8.19. The number of ether oxygens (including phenoxy) is 1. The molecule has 0 saturated heterocycles. The first-order valence-electron chi connectivity index (χ1n) is 7.16. The van der Waals surface area contributed by atoms with Crippen molar-refractivity contribution in [2.24, 2.45) is 0 Å². The van der Waals surface area contributed by atoms with Gasteiger partial charge in [0.2, 0.25) is 0 Å². The van der Waals surface area contributed by atoms with E-state index < -0.39 is 0 Å². The molecule has 5 nitrogen and oxygen atoms in total. The van der Waals surface area contributed by atoms with Gasteiger partial charge in [0.05, 0.1) is 16.3 Å². The van der Waals surface area contributed by atoms with E-state index in [-0.39, 0.29) is 18.4 Å². The first kappa shape index (κ1) is 16.8. The molecule has 2 rings (SSSR count). The molecule has 0 aliphatic heterocycles. The topological polar surface area (TPSA) is 67.4 Å². The lowest BCUT2D eigenvalue weighted by Crippen LogP contribution is -2.26. The number of rotatable bonds is 6. The standard InChI is InChI=1S/C17H17ClN2O3/c1-2-19-17(22)12-7-3-5-9-14(12)20-16(21)11-23-15-10-6-4-8-13(15)18/h3-10H,2,11H2,1H3,(H,19,22)(H,20,21). The molecule has 0 saturated carbocycles. The third kappa shape index (κ3) is 4.72. The minimum Gasteiger partial charge on any atom is -0.482 e. The van der Waals surface area contributed by atoms with Crippen LogP contribution in [0.4, 0.5) is 5.69 Å². The van der Waals surface area contributed by atoms with Gasteiger partial charge in [0.15, 0.2) is 6.61 Å². The van der Waals surface area contributed by atoms with Gasteiger partial charge < -0.3 is 15.4 Å². The summed E-state index contributed by atoms with van der Waals surface area (Å²) in [5.41, 5.74) is 0.839. The van der Waals surface area contributed by atoms with Crippen molar-refractivity contribution in [2.75, 3.05) is 18.5 Å². The summed E-state index contributed by atoms with van der Waals surface area (Å²) in [6.45, 7) is 2.14. The van der Waals surface area contributed by atoms with Gasteiger partial charge >= 0.3 is 0 Å². The number of hydrogen-bond donors (Lipinski definition) is 2. The highest BCUT2D eigenvalue weighted by atomic mass is 35.5. The van der Waals surface area contributed by atoms with Crippen molar-refractivity contribution < 1.29 is 14.3 Å². The Bertz CT molecular complexity index is 704. The molecular weight excluding hydrogens is 316 g/mol. The zero-order valence-corrected chi connectivity index (χ0v) is 13.4. The van der Waals surface area contributed by atoms with E-state index in [2.05, 4.69) is 10.6 Å². The van der Waals surface area contributed by atoms with Gasteiger partial charge in [0.1, 0.15) is 5.75 Å². The fourth-order valence-corrected chi connectivity index (χ4v) is 2.13. The molecule has 23 heavy (non-hydrogen) atoms. The Morgan fingerprint density at radius 1 is 1.09 bits per heavy atom. The number of amides is 2. The summed E-state index contributed by atoms with van der Waals surface area (Å²) < 4.78 is 5.37. The fourth-order valence-electron chi connectivity index (χ4n) is 1.94. The molecule has 0 heterocycles. The summed E-state index contributed by atoms with van der Waals surface area (Å²) >= 11 is 5.96. The van der Waals surface area contributed by atoms with E-state index in [1.165, 1.54) is 0 Å². The number of hydrogen-bond acceptors (Lipinski definition) is 3. The van der Waals surface area contributed by atoms with Gasteiger partial charge in [0, 0.05) is 6.54 Å². The number of para-hydroxylation sites is 2. The molecule has 0 aromatic heterocycles. The fraction of sp³-hybridized carbons (Fsp3) is 0.176.